The number of ether oxygens (including phenoxy) is 2. The third-order valence-corrected chi connectivity index (χ3v) is 7.94. The van der Waals surface area contributed by atoms with E-state index >= 15 is 0 Å². The molecular weight excluding hydrogens is 518 g/mol. The molecule has 8 heteroatoms. The fourth-order valence-corrected chi connectivity index (χ4v) is 5.54. The topological polar surface area (TPSA) is 84.2 Å². The molecule has 3 aromatic carbocycles. The van der Waals surface area contributed by atoms with Gasteiger partial charge in [-0.1, -0.05) is 67.6 Å². The number of benzene rings is 3. The van der Waals surface area contributed by atoms with Crippen LogP contribution in [0.3, 0.4) is 0 Å². The first kappa shape index (κ1) is 28.4. The highest BCUT2D eigenvalue weighted by Gasteiger charge is 2.34. The maximum Gasteiger partial charge on any atom is 0.415 e. The Morgan fingerprint density at radius 3 is 2.51 bits per heavy atom. The average molecular weight is 556 g/mol. The summed E-state index contributed by atoms with van der Waals surface area (Å²) in [5, 5.41) is 11.2. The van der Waals surface area contributed by atoms with Crippen molar-refractivity contribution in [1.82, 2.24) is 14.4 Å². The van der Waals surface area contributed by atoms with Gasteiger partial charge in [0.25, 0.3) is 5.91 Å². The molecule has 5 rings (SSSR count). The summed E-state index contributed by atoms with van der Waals surface area (Å²) in [6, 6.07) is 24.5. The summed E-state index contributed by atoms with van der Waals surface area (Å²) in [5.41, 5.74) is 4.27. The number of likely N-dealkylation sites (N-methyl/N-ethyl adjacent to an activating group) is 1. The number of nitrogens with zero attached hydrogens (tertiary/aromatic N) is 3. The van der Waals surface area contributed by atoms with Gasteiger partial charge in [-0.15, -0.1) is 0 Å². The van der Waals surface area contributed by atoms with Gasteiger partial charge in [0.05, 0.1) is 31.9 Å². The van der Waals surface area contributed by atoms with Gasteiger partial charge in [0.15, 0.2) is 0 Å². The van der Waals surface area contributed by atoms with Crippen LogP contribution in [0.4, 0.5) is 4.79 Å². The van der Waals surface area contributed by atoms with E-state index in [0.29, 0.717) is 24.6 Å². The lowest BCUT2D eigenvalue weighted by Gasteiger charge is -2.34. The quantitative estimate of drug-likeness (QED) is 0.360. The molecule has 1 aliphatic heterocycles. The smallest absolute Gasteiger partial charge is 0.410 e. The standard InChI is InChI=1S/C33H37N3O5/c1-22-18-36(23(2)20-37)32(38)31-30(27-16-10-11-17-28(27)35(31)4)26-15-9-8-12-24(26)21-40-29(22)19-34(3)33(39)41-25-13-6-5-7-14-25/h5-17,22-23,29,37H,18-21H2,1-4H3/t22-,23-,29-/m0/s1. The monoisotopic (exact) mass is 555 g/mol. The fraction of sp³-hybridized carbons (Fsp3) is 0.333. The second-order valence-electron chi connectivity index (χ2n) is 10.8. The van der Waals surface area contributed by atoms with Gasteiger partial charge in [-0.3, -0.25) is 4.79 Å². The first-order valence-electron chi connectivity index (χ1n) is 14.0. The SMILES string of the molecule is C[C@H]1CN([C@@H](C)CO)C(=O)c2c(c3ccccc3n2C)-c2ccccc2CO[C@H]1CN(C)C(=O)Oc1ccccc1. The summed E-state index contributed by atoms with van der Waals surface area (Å²) in [5.74, 6) is 0.149. The summed E-state index contributed by atoms with van der Waals surface area (Å²) in [6.07, 6.45) is -0.896. The lowest BCUT2D eigenvalue weighted by molar-refractivity contribution is -0.0206. The Morgan fingerprint density at radius 1 is 1.07 bits per heavy atom. The molecule has 0 saturated carbocycles. The predicted molar refractivity (Wildman–Crippen MR) is 159 cm³/mol. The summed E-state index contributed by atoms with van der Waals surface area (Å²) >= 11 is 0. The number of para-hydroxylation sites is 2. The molecule has 0 fully saturated rings. The van der Waals surface area contributed by atoms with E-state index in [1.807, 2.05) is 92.2 Å². The van der Waals surface area contributed by atoms with Crippen LogP contribution in [-0.4, -0.2) is 70.4 Å². The number of aryl methyl sites for hydroxylation is 1. The van der Waals surface area contributed by atoms with Gasteiger partial charge >= 0.3 is 6.09 Å². The Balaban J connectivity index is 1.55. The zero-order chi connectivity index (χ0) is 29.1. The molecule has 0 radical (unpaired) electrons. The van der Waals surface area contributed by atoms with Crippen molar-refractivity contribution >= 4 is 22.9 Å². The molecule has 0 spiro atoms. The Hall–Kier alpha value is -4.14. The van der Waals surface area contributed by atoms with Crippen LogP contribution in [0.5, 0.6) is 5.75 Å². The molecule has 1 aliphatic rings. The first-order valence-corrected chi connectivity index (χ1v) is 14.0. The number of hydrogen-bond donors (Lipinski definition) is 1. The van der Waals surface area contributed by atoms with E-state index in [-0.39, 0.29) is 25.0 Å². The largest absolute Gasteiger partial charge is 0.415 e. The van der Waals surface area contributed by atoms with E-state index < -0.39 is 18.2 Å². The summed E-state index contributed by atoms with van der Waals surface area (Å²) in [7, 11) is 3.60. The van der Waals surface area contributed by atoms with Gasteiger partial charge in [0.1, 0.15) is 11.4 Å². The van der Waals surface area contributed by atoms with Crippen molar-refractivity contribution in [1.29, 1.82) is 0 Å². The van der Waals surface area contributed by atoms with Crippen LogP contribution in [0.15, 0.2) is 78.9 Å². The third-order valence-electron chi connectivity index (χ3n) is 7.94. The summed E-state index contributed by atoms with van der Waals surface area (Å²) in [4.78, 5) is 30.6. The second-order valence-corrected chi connectivity index (χ2v) is 10.8. The van der Waals surface area contributed by atoms with Crippen LogP contribution in [-0.2, 0) is 18.4 Å². The lowest BCUT2D eigenvalue weighted by Crippen LogP contribution is -2.48. The molecule has 2 heterocycles. The molecule has 0 aliphatic carbocycles. The van der Waals surface area contributed by atoms with Gasteiger partial charge < -0.3 is 28.9 Å². The van der Waals surface area contributed by atoms with Crippen molar-refractivity contribution in [2.75, 3.05) is 26.7 Å². The van der Waals surface area contributed by atoms with Crippen LogP contribution >= 0.6 is 0 Å². The van der Waals surface area contributed by atoms with Crippen LogP contribution < -0.4 is 4.74 Å². The van der Waals surface area contributed by atoms with Gasteiger partial charge in [-0.2, -0.15) is 0 Å². The molecule has 41 heavy (non-hydrogen) atoms. The predicted octanol–water partition coefficient (Wildman–Crippen LogP) is 5.33. The Labute approximate surface area is 240 Å². The molecule has 0 bridgehead atoms. The molecule has 0 saturated heterocycles. The van der Waals surface area contributed by atoms with Crippen LogP contribution in [0.2, 0.25) is 0 Å². The van der Waals surface area contributed by atoms with Crippen LogP contribution in [0, 0.1) is 5.92 Å². The van der Waals surface area contributed by atoms with Gasteiger partial charge in [-0.05, 0) is 36.2 Å². The molecule has 1 N–H and O–H groups in total. The molecule has 8 nitrogen and oxygen atoms in total. The highest BCUT2D eigenvalue weighted by Crippen LogP contribution is 2.38. The van der Waals surface area contributed by atoms with E-state index in [1.54, 1.807) is 24.1 Å². The molecule has 3 atom stereocenters. The third kappa shape index (κ3) is 5.71. The Bertz CT molecular complexity index is 1530. The van der Waals surface area contributed by atoms with E-state index in [1.165, 1.54) is 4.90 Å². The average Bonchev–Trinajstić information content (AvgIpc) is 3.28. The number of aliphatic hydroxyl groups is 1. The number of carbonyl (C=O) groups excluding carboxylic acids is 2. The Kier molecular flexibility index (Phi) is 8.42. The van der Waals surface area contributed by atoms with E-state index in [2.05, 4.69) is 0 Å². The van der Waals surface area contributed by atoms with E-state index in [4.69, 9.17) is 9.47 Å². The van der Waals surface area contributed by atoms with Crippen molar-refractivity contribution in [2.24, 2.45) is 13.0 Å². The van der Waals surface area contributed by atoms with E-state index in [9.17, 15) is 14.7 Å². The number of rotatable bonds is 5. The normalized spacial score (nSPS) is 18.3. The van der Waals surface area contributed by atoms with Crippen molar-refractivity contribution < 1.29 is 24.2 Å². The zero-order valence-corrected chi connectivity index (χ0v) is 24.0. The lowest BCUT2D eigenvalue weighted by atomic mass is 9.96. The molecule has 214 valence electrons. The minimum absolute atomic E-state index is 0.153. The van der Waals surface area contributed by atoms with Crippen molar-refractivity contribution in [2.45, 2.75) is 32.6 Å². The Morgan fingerprint density at radius 2 is 1.76 bits per heavy atom. The molecular formula is C33H37N3O5. The molecule has 4 aromatic rings. The highest BCUT2D eigenvalue weighted by atomic mass is 16.6. The molecule has 1 aromatic heterocycles. The molecule has 2 amide bonds. The second kappa shape index (κ2) is 12.2. The minimum Gasteiger partial charge on any atom is -0.410 e. The summed E-state index contributed by atoms with van der Waals surface area (Å²) < 4.78 is 14.1. The maximum atomic E-state index is 14.4. The number of aromatic nitrogens is 1. The fourth-order valence-electron chi connectivity index (χ4n) is 5.54. The van der Waals surface area contributed by atoms with Gasteiger partial charge in [-0.25, -0.2) is 4.79 Å². The van der Waals surface area contributed by atoms with Gasteiger partial charge in [0.2, 0.25) is 0 Å². The van der Waals surface area contributed by atoms with Gasteiger partial charge in [0, 0.05) is 43.0 Å². The highest BCUT2D eigenvalue weighted by molar-refractivity contribution is 6.10. The number of carbonyl (C=O) groups is 2. The summed E-state index contributed by atoms with van der Waals surface area (Å²) in [6.45, 7) is 4.59. The number of aliphatic hydroxyl groups excluding tert-OH is 1. The van der Waals surface area contributed by atoms with Crippen molar-refractivity contribution in [3.8, 4) is 16.9 Å². The van der Waals surface area contributed by atoms with Crippen molar-refractivity contribution in [3.63, 3.8) is 0 Å². The zero-order valence-electron chi connectivity index (χ0n) is 24.0. The minimum atomic E-state index is -0.489. The first-order chi connectivity index (χ1) is 19.8. The van der Waals surface area contributed by atoms with Crippen LogP contribution in [0.1, 0.15) is 29.9 Å². The van der Waals surface area contributed by atoms with Crippen LogP contribution in [0.25, 0.3) is 22.0 Å². The number of amides is 2. The van der Waals surface area contributed by atoms with E-state index in [0.717, 1.165) is 27.6 Å². The number of fused-ring (bicyclic) bond motifs is 5. The molecule has 0 unspecified atom stereocenters. The maximum absolute atomic E-state index is 14.4. The van der Waals surface area contributed by atoms with Crippen molar-refractivity contribution in [3.05, 3.63) is 90.1 Å². The number of hydrogen-bond acceptors (Lipinski definition) is 5.